The molecule has 0 heterocycles. The zero-order valence-electron chi connectivity index (χ0n) is 44.5. The van der Waals surface area contributed by atoms with Crippen molar-refractivity contribution in [3.63, 3.8) is 0 Å². The van der Waals surface area contributed by atoms with Gasteiger partial charge in [0.2, 0.25) is 0 Å². The van der Waals surface area contributed by atoms with E-state index in [9.17, 15) is 14.7 Å². The lowest BCUT2D eigenvalue weighted by Crippen LogP contribution is -2.28. The Morgan fingerprint density at radius 3 is 0.909 bits per heavy atom. The van der Waals surface area contributed by atoms with E-state index in [0.29, 0.717) is 12.8 Å². The van der Waals surface area contributed by atoms with E-state index in [1.807, 2.05) is 0 Å². The average Bonchev–Trinajstić information content (AvgIpc) is 3.32. The van der Waals surface area contributed by atoms with E-state index in [2.05, 4.69) is 50.3 Å². The minimum atomic E-state index is -0.771. The molecule has 0 bridgehead atoms. The maximum atomic E-state index is 12.3. The summed E-state index contributed by atoms with van der Waals surface area (Å²) in [7, 11) is 0. The molecule has 0 rings (SSSR count). The fraction of sp³-hybridized carbons (Fsp3) is 0.869. The van der Waals surface area contributed by atoms with Gasteiger partial charge in [-0.2, -0.15) is 0 Å². The quantitative estimate of drug-likeness (QED) is 0.0374. The van der Waals surface area contributed by atoms with E-state index in [4.69, 9.17) is 9.47 Å². The summed E-state index contributed by atoms with van der Waals surface area (Å²) in [4.78, 5) is 24.5. The molecular formula is C61H114O5. The Balaban J connectivity index is 3.44. The van der Waals surface area contributed by atoms with Crippen LogP contribution in [0.3, 0.4) is 0 Å². The van der Waals surface area contributed by atoms with E-state index in [1.54, 1.807) is 0 Å². The second-order valence-electron chi connectivity index (χ2n) is 20.1. The molecular weight excluding hydrogens is 813 g/mol. The predicted molar refractivity (Wildman–Crippen MR) is 288 cm³/mol. The summed E-state index contributed by atoms with van der Waals surface area (Å²) in [6.07, 6.45) is 74.1. The third-order valence-corrected chi connectivity index (χ3v) is 13.4. The van der Waals surface area contributed by atoms with Crippen LogP contribution >= 0.6 is 0 Å². The molecule has 5 heteroatoms. The molecule has 66 heavy (non-hydrogen) atoms. The summed E-state index contributed by atoms with van der Waals surface area (Å²) in [5.41, 5.74) is 0. The molecule has 1 atom stereocenters. The molecule has 0 aromatic heterocycles. The van der Waals surface area contributed by atoms with Crippen molar-refractivity contribution in [1.82, 2.24) is 0 Å². The number of ether oxygens (including phenoxy) is 2. The van der Waals surface area contributed by atoms with Crippen molar-refractivity contribution in [3.8, 4) is 0 Å². The van der Waals surface area contributed by atoms with Gasteiger partial charge in [-0.3, -0.25) is 9.59 Å². The number of unbranched alkanes of at least 4 members (excludes halogenated alkanes) is 41. The predicted octanol–water partition coefficient (Wildman–Crippen LogP) is 19.9. The van der Waals surface area contributed by atoms with Gasteiger partial charge in [-0.25, -0.2) is 0 Å². The lowest BCUT2D eigenvalue weighted by molar-refractivity contribution is -0.161. The molecule has 0 fully saturated rings. The number of esters is 2. The van der Waals surface area contributed by atoms with Gasteiger partial charge in [-0.15, -0.1) is 0 Å². The summed E-state index contributed by atoms with van der Waals surface area (Å²) in [6, 6.07) is 0. The molecule has 0 aliphatic heterocycles. The van der Waals surface area contributed by atoms with Gasteiger partial charge in [0.15, 0.2) is 6.10 Å². The molecule has 5 nitrogen and oxygen atoms in total. The Labute approximate surface area is 412 Å². The topological polar surface area (TPSA) is 72.8 Å². The van der Waals surface area contributed by atoms with Crippen molar-refractivity contribution in [3.05, 3.63) is 36.5 Å². The number of aliphatic hydroxyl groups excluding tert-OH is 1. The molecule has 388 valence electrons. The lowest BCUT2D eigenvalue weighted by Gasteiger charge is -2.15. The van der Waals surface area contributed by atoms with Crippen LogP contribution in [-0.4, -0.2) is 36.4 Å². The molecule has 0 saturated heterocycles. The van der Waals surface area contributed by atoms with Crippen molar-refractivity contribution in [2.45, 2.75) is 328 Å². The summed E-state index contributed by atoms with van der Waals surface area (Å²) in [5, 5.41) is 9.66. The van der Waals surface area contributed by atoms with Crippen molar-refractivity contribution in [2.75, 3.05) is 13.2 Å². The van der Waals surface area contributed by atoms with Crippen molar-refractivity contribution in [1.29, 1.82) is 0 Å². The number of hydrogen-bond donors (Lipinski definition) is 1. The number of aliphatic hydroxyl groups is 1. The van der Waals surface area contributed by atoms with Gasteiger partial charge in [0.05, 0.1) is 6.61 Å². The van der Waals surface area contributed by atoms with Crippen LogP contribution in [0.4, 0.5) is 0 Å². The van der Waals surface area contributed by atoms with Gasteiger partial charge in [0.1, 0.15) is 6.61 Å². The van der Waals surface area contributed by atoms with E-state index in [1.165, 1.54) is 250 Å². The fourth-order valence-electron chi connectivity index (χ4n) is 8.94. The summed E-state index contributed by atoms with van der Waals surface area (Å²) >= 11 is 0. The van der Waals surface area contributed by atoms with Gasteiger partial charge >= 0.3 is 11.9 Å². The van der Waals surface area contributed by atoms with Gasteiger partial charge in [-0.05, 0) is 70.6 Å². The van der Waals surface area contributed by atoms with Crippen LogP contribution in [0.1, 0.15) is 322 Å². The SMILES string of the molecule is CCCCCCC/C=C\C/C=C\CCCCCCCCCCCCCCCC(=O)OC(CO)COC(=O)CCCCCCCCCCCCCCCCC/C=C\CCCCCCCCCC. The van der Waals surface area contributed by atoms with Crippen molar-refractivity contribution >= 4 is 11.9 Å². The normalized spacial score (nSPS) is 12.3. The van der Waals surface area contributed by atoms with Gasteiger partial charge < -0.3 is 14.6 Å². The molecule has 0 amide bonds. The molecule has 1 N–H and O–H groups in total. The summed E-state index contributed by atoms with van der Waals surface area (Å²) < 4.78 is 10.7. The number of carbonyl (C=O) groups excluding carboxylic acids is 2. The number of carbonyl (C=O) groups is 2. The highest BCUT2D eigenvalue weighted by Gasteiger charge is 2.16. The first-order valence-corrected chi connectivity index (χ1v) is 29.5. The average molecular weight is 928 g/mol. The van der Waals surface area contributed by atoms with Crippen LogP contribution in [0.25, 0.3) is 0 Å². The minimum absolute atomic E-state index is 0.0619. The first-order valence-electron chi connectivity index (χ1n) is 29.5. The van der Waals surface area contributed by atoms with E-state index in [0.717, 1.165) is 44.9 Å². The van der Waals surface area contributed by atoms with Crippen LogP contribution < -0.4 is 0 Å². The Bertz CT molecular complexity index is 1050. The highest BCUT2D eigenvalue weighted by molar-refractivity contribution is 5.70. The number of rotatable bonds is 55. The van der Waals surface area contributed by atoms with Crippen molar-refractivity contribution < 1.29 is 24.2 Å². The Kier molecular flexibility index (Phi) is 55.8. The molecule has 0 aromatic rings. The fourth-order valence-corrected chi connectivity index (χ4v) is 8.94. The van der Waals surface area contributed by atoms with Gasteiger partial charge in [0, 0.05) is 12.8 Å². The molecule has 0 radical (unpaired) electrons. The molecule has 0 saturated carbocycles. The molecule has 0 spiro atoms. The van der Waals surface area contributed by atoms with Crippen LogP contribution in [0.5, 0.6) is 0 Å². The van der Waals surface area contributed by atoms with E-state index in [-0.39, 0.29) is 25.2 Å². The minimum Gasteiger partial charge on any atom is -0.462 e. The smallest absolute Gasteiger partial charge is 0.306 e. The maximum Gasteiger partial charge on any atom is 0.306 e. The Morgan fingerprint density at radius 2 is 0.606 bits per heavy atom. The van der Waals surface area contributed by atoms with E-state index < -0.39 is 6.10 Å². The first-order chi connectivity index (χ1) is 32.6. The van der Waals surface area contributed by atoms with Crippen LogP contribution in [0, 0.1) is 0 Å². The van der Waals surface area contributed by atoms with Crippen LogP contribution in [-0.2, 0) is 19.1 Å². The number of allylic oxidation sites excluding steroid dienone is 6. The molecule has 0 aliphatic rings. The monoisotopic (exact) mass is 927 g/mol. The zero-order chi connectivity index (χ0) is 47.7. The Hall–Kier alpha value is -1.88. The third-order valence-electron chi connectivity index (χ3n) is 13.4. The second kappa shape index (κ2) is 57.4. The van der Waals surface area contributed by atoms with Crippen LogP contribution in [0.2, 0.25) is 0 Å². The Morgan fingerprint density at radius 1 is 0.348 bits per heavy atom. The highest BCUT2D eigenvalue weighted by Crippen LogP contribution is 2.17. The molecule has 0 aromatic carbocycles. The summed E-state index contributed by atoms with van der Waals surface area (Å²) in [6.45, 7) is 4.18. The van der Waals surface area contributed by atoms with Gasteiger partial charge in [0.25, 0.3) is 0 Å². The zero-order valence-corrected chi connectivity index (χ0v) is 44.5. The highest BCUT2D eigenvalue weighted by atomic mass is 16.6. The largest absolute Gasteiger partial charge is 0.462 e. The molecule has 1 unspecified atom stereocenters. The lowest BCUT2D eigenvalue weighted by atomic mass is 10.0. The second-order valence-corrected chi connectivity index (χ2v) is 20.1. The van der Waals surface area contributed by atoms with Crippen molar-refractivity contribution in [2.24, 2.45) is 0 Å². The maximum absolute atomic E-state index is 12.3. The van der Waals surface area contributed by atoms with Gasteiger partial charge in [-0.1, -0.05) is 275 Å². The number of hydrogen-bond acceptors (Lipinski definition) is 5. The van der Waals surface area contributed by atoms with Crippen LogP contribution in [0.15, 0.2) is 36.5 Å². The molecule has 0 aliphatic carbocycles. The standard InChI is InChI=1S/C61H114O5/c1-3-5-7-9-11-13-15-17-19-21-23-25-27-29-30-32-33-35-37-39-41-43-45-47-49-51-53-55-60(63)65-58-59(57-62)66-61(64)56-54-52-50-48-46-44-42-40-38-36-34-31-28-26-24-22-20-18-16-14-12-10-8-6-4-2/h16,18,21-24,59,62H,3-15,17,19-20,25-58H2,1-2H3/b18-16-,23-21-,24-22-. The van der Waals surface area contributed by atoms with E-state index >= 15 is 0 Å². The summed E-state index contributed by atoms with van der Waals surface area (Å²) in [5.74, 6) is -0.575. The third kappa shape index (κ3) is 54.7. The first kappa shape index (κ1) is 64.1.